The minimum Gasteiger partial charge on any atom is -0.494 e. The number of ether oxygens (including phenoxy) is 1. The second-order valence-corrected chi connectivity index (χ2v) is 3.67. The molecular weight excluding hydrogens is 233 g/mol. The number of benzene rings is 1. The fraction of sp³-hybridized carbons (Fsp3) is 0.154. The van der Waals surface area contributed by atoms with Gasteiger partial charge in [0.15, 0.2) is 11.6 Å². The summed E-state index contributed by atoms with van der Waals surface area (Å²) in [6.07, 6.45) is 5.26. The molecule has 0 saturated heterocycles. The normalized spacial score (nSPS) is 10.1. The number of imidazole rings is 1. The molecule has 0 amide bonds. The van der Waals surface area contributed by atoms with E-state index in [1.807, 2.05) is 10.8 Å². The molecule has 2 aromatic rings. The van der Waals surface area contributed by atoms with Crippen LogP contribution in [0.3, 0.4) is 0 Å². The van der Waals surface area contributed by atoms with E-state index in [1.165, 1.54) is 13.2 Å². The predicted octanol–water partition coefficient (Wildman–Crippen LogP) is 2.96. The molecule has 2 rings (SSSR count). The molecule has 94 valence electrons. The third-order valence-corrected chi connectivity index (χ3v) is 2.45. The highest BCUT2D eigenvalue weighted by Gasteiger charge is 2.06. The van der Waals surface area contributed by atoms with Crippen LogP contribution in [-0.4, -0.2) is 16.7 Å². The van der Waals surface area contributed by atoms with Crippen LogP contribution in [0.25, 0.3) is 0 Å². The van der Waals surface area contributed by atoms with Crippen LogP contribution in [0, 0.1) is 5.82 Å². The Kier molecular flexibility index (Phi) is 3.62. The van der Waals surface area contributed by atoms with Crippen molar-refractivity contribution >= 4 is 11.6 Å². The summed E-state index contributed by atoms with van der Waals surface area (Å²) in [4.78, 5) is 4.15. The molecule has 0 saturated carbocycles. The van der Waals surface area contributed by atoms with Crippen molar-refractivity contribution in [1.82, 2.24) is 9.55 Å². The summed E-state index contributed by atoms with van der Waals surface area (Å²) in [7, 11) is 1.43. The van der Waals surface area contributed by atoms with E-state index in [4.69, 9.17) is 4.74 Å². The zero-order valence-corrected chi connectivity index (χ0v) is 10.1. The van der Waals surface area contributed by atoms with Crippen molar-refractivity contribution in [2.45, 2.75) is 6.54 Å². The van der Waals surface area contributed by atoms with Crippen LogP contribution in [0.5, 0.6) is 5.75 Å². The van der Waals surface area contributed by atoms with Gasteiger partial charge in [0.1, 0.15) is 0 Å². The van der Waals surface area contributed by atoms with E-state index in [0.29, 0.717) is 18.2 Å². The largest absolute Gasteiger partial charge is 0.494 e. The van der Waals surface area contributed by atoms with E-state index in [2.05, 4.69) is 16.9 Å². The Hall–Kier alpha value is -2.30. The molecule has 0 spiro atoms. The maximum atomic E-state index is 13.5. The minimum absolute atomic E-state index is 0.218. The number of aromatic nitrogens is 2. The lowest BCUT2D eigenvalue weighted by atomic mass is 10.3. The maximum Gasteiger partial charge on any atom is 0.207 e. The van der Waals surface area contributed by atoms with E-state index < -0.39 is 5.82 Å². The average Bonchev–Trinajstić information content (AvgIpc) is 2.78. The number of hydrogen-bond acceptors (Lipinski definition) is 3. The lowest BCUT2D eigenvalue weighted by molar-refractivity contribution is 0.386. The number of nitrogens with one attached hydrogen (secondary N) is 1. The van der Waals surface area contributed by atoms with Gasteiger partial charge in [0, 0.05) is 30.7 Å². The molecule has 0 aliphatic heterocycles. The molecule has 18 heavy (non-hydrogen) atoms. The van der Waals surface area contributed by atoms with Crippen molar-refractivity contribution in [2.75, 3.05) is 12.4 Å². The van der Waals surface area contributed by atoms with Gasteiger partial charge in [-0.1, -0.05) is 6.08 Å². The van der Waals surface area contributed by atoms with E-state index >= 15 is 0 Å². The standard InChI is InChI=1S/C13H14FN3O/c1-3-7-17-8-6-15-13(17)16-10-4-5-12(18-2)11(14)9-10/h3-6,8-9H,1,7H2,2H3,(H,15,16). The van der Waals surface area contributed by atoms with Gasteiger partial charge in [-0.25, -0.2) is 9.37 Å². The highest BCUT2D eigenvalue weighted by Crippen LogP contribution is 2.22. The van der Waals surface area contributed by atoms with Crippen molar-refractivity contribution in [3.8, 4) is 5.75 Å². The molecule has 0 aliphatic rings. The van der Waals surface area contributed by atoms with E-state index in [1.54, 1.807) is 24.4 Å². The Bertz CT molecular complexity index is 551. The highest BCUT2D eigenvalue weighted by atomic mass is 19.1. The van der Waals surface area contributed by atoms with Crippen molar-refractivity contribution in [2.24, 2.45) is 0 Å². The second-order valence-electron chi connectivity index (χ2n) is 3.67. The van der Waals surface area contributed by atoms with Crippen LogP contribution in [0.15, 0.2) is 43.2 Å². The Morgan fingerprint density at radius 2 is 2.39 bits per heavy atom. The minimum atomic E-state index is -0.413. The number of hydrogen-bond donors (Lipinski definition) is 1. The summed E-state index contributed by atoms with van der Waals surface area (Å²) in [6, 6.07) is 4.67. The average molecular weight is 247 g/mol. The number of halogens is 1. The summed E-state index contributed by atoms with van der Waals surface area (Å²) < 4.78 is 20.3. The molecule has 0 radical (unpaired) electrons. The predicted molar refractivity (Wildman–Crippen MR) is 68.7 cm³/mol. The monoisotopic (exact) mass is 247 g/mol. The van der Waals surface area contributed by atoms with Crippen molar-refractivity contribution in [3.05, 3.63) is 49.1 Å². The molecule has 1 aromatic carbocycles. The van der Waals surface area contributed by atoms with E-state index in [0.717, 1.165) is 0 Å². The number of methoxy groups -OCH3 is 1. The molecule has 0 atom stereocenters. The smallest absolute Gasteiger partial charge is 0.207 e. The molecule has 4 nitrogen and oxygen atoms in total. The summed E-state index contributed by atoms with van der Waals surface area (Å²) in [5, 5.41) is 3.04. The van der Waals surface area contributed by atoms with Gasteiger partial charge in [-0.3, -0.25) is 0 Å². The lowest BCUT2D eigenvalue weighted by Crippen LogP contribution is -2.02. The van der Waals surface area contributed by atoms with Gasteiger partial charge in [-0.2, -0.15) is 0 Å². The van der Waals surface area contributed by atoms with Gasteiger partial charge in [-0.15, -0.1) is 6.58 Å². The summed E-state index contributed by atoms with van der Waals surface area (Å²) >= 11 is 0. The first kappa shape index (κ1) is 12.2. The van der Waals surface area contributed by atoms with Crippen LogP contribution in [-0.2, 0) is 6.54 Å². The summed E-state index contributed by atoms with van der Waals surface area (Å²) in [5.74, 6) is 0.443. The number of anilines is 2. The Balaban J connectivity index is 2.20. The first-order chi connectivity index (χ1) is 8.74. The summed E-state index contributed by atoms with van der Waals surface area (Å²) in [6.45, 7) is 4.31. The number of rotatable bonds is 5. The van der Waals surface area contributed by atoms with Gasteiger partial charge in [-0.05, 0) is 12.1 Å². The number of allylic oxidation sites excluding steroid dienone is 1. The molecule has 0 unspecified atom stereocenters. The zero-order chi connectivity index (χ0) is 13.0. The first-order valence-electron chi connectivity index (χ1n) is 5.47. The molecular formula is C13H14FN3O. The van der Waals surface area contributed by atoms with Gasteiger partial charge in [0.2, 0.25) is 5.95 Å². The fourth-order valence-electron chi connectivity index (χ4n) is 1.59. The van der Waals surface area contributed by atoms with Crippen molar-refractivity contribution in [1.29, 1.82) is 0 Å². The fourth-order valence-corrected chi connectivity index (χ4v) is 1.59. The molecule has 1 heterocycles. The molecule has 0 fully saturated rings. The Labute approximate surface area is 105 Å². The molecule has 1 aromatic heterocycles. The van der Waals surface area contributed by atoms with Crippen LogP contribution < -0.4 is 10.1 Å². The molecule has 5 heteroatoms. The van der Waals surface area contributed by atoms with Gasteiger partial charge in [0.05, 0.1) is 7.11 Å². The van der Waals surface area contributed by atoms with Crippen LogP contribution >= 0.6 is 0 Å². The first-order valence-corrected chi connectivity index (χ1v) is 5.47. The van der Waals surface area contributed by atoms with Gasteiger partial charge in [0.25, 0.3) is 0 Å². The van der Waals surface area contributed by atoms with Crippen LogP contribution in [0.1, 0.15) is 0 Å². The topological polar surface area (TPSA) is 39.1 Å². The van der Waals surface area contributed by atoms with E-state index in [9.17, 15) is 4.39 Å². The zero-order valence-electron chi connectivity index (χ0n) is 10.1. The Morgan fingerprint density at radius 1 is 1.56 bits per heavy atom. The van der Waals surface area contributed by atoms with Crippen LogP contribution in [0.4, 0.5) is 16.0 Å². The van der Waals surface area contributed by atoms with Gasteiger partial charge >= 0.3 is 0 Å². The van der Waals surface area contributed by atoms with Crippen LogP contribution in [0.2, 0.25) is 0 Å². The molecule has 1 N–H and O–H groups in total. The second kappa shape index (κ2) is 5.35. The molecule has 0 aliphatic carbocycles. The van der Waals surface area contributed by atoms with Crippen molar-refractivity contribution in [3.63, 3.8) is 0 Å². The maximum absolute atomic E-state index is 13.5. The number of nitrogens with zero attached hydrogens (tertiary/aromatic N) is 2. The van der Waals surface area contributed by atoms with Gasteiger partial charge < -0.3 is 14.6 Å². The quantitative estimate of drug-likeness (QED) is 0.825. The van der Waals surface area contributed by atoms with Crippen molar-refractivity contribution < 1.29 is 9.13 Å². The SMILES string of the molecule is C=CCn1ccnc1Nc1ccc(OC)c(F)c1. The highest BCUT2D eigenvalue weighted by molar-refractivity contribution is 5.55. The van der Waals surface area contributed by atoms with E-state index in [-0.39, 0.29) is 5.75 Å². The lowest BCUT2D eigenvalue weighted by Gasteiger charge is -2.09. The Morgan fingerprint density at radius 3 is 3.06 bits per heavy atom. The summed E-state index contributed by atoms with van der Waals surface area (Å²) in [5.41, 5.74) is 0.616. The third-order valence-electron chi connectivity index (χ3n) is 2.45. The third kappa shape index (κ3) is 2.51. The molecule has 0 bridgehead atoms.